The molecule has 0 aromatic carbocycles. The van der Waals surface area contributed by atoms with Gasteiger partial charge in [0.1, 0.15) is 5.75 Å². The second kappa shape index (κ2) is 7.59. The van der Waals surface area contributed by atoms with Crippen molar-refractivity contribution < 1.29 is 13.2 Å². The summed E-state index contributed by atoms with van der Waals surface area (Å²) in [5, 5.41) is 2.61. The number of sulfonamides is 1. The highest BCUT2D eigenvalue weighted by Crippen LogP contribution is 1.99. The number of amides is 1. The van der Waals surface area contributed by atoms with Crippen molar-refractivity contribution in [1.29, 1.82) is 0 Å². The topological polar surface area (TPSA) is 101 Å². The van der Waals surface area contributed by atoms with E-state index in [-0.39, 0.29) is 6.04 Å². The fourth-order valence-corrected chi connectivity index (χ4v) is 1.79. The number of rotatable bonds is 8. The van der Waals surface area contributed by atoms with Crippen LogP contribution in [0.15, 0.2) is 0 Å². The molecule has 0 spiro atoms. The summed E-state index contributed by atoms with van der Waals surface area (Å²) in [4.78, 5) is 11.4. The molecule has 16 heavy (non-hydrogen) atoms. The normalized spacial score (nSPS) is 13.4. The van der Waals surface area contributed by atoms with Crippen molar-refractivity contribution in [3.8, 4) is 0 Å². The van der Waals surface area contributed by atoms with Gasteiger partial charge in [-0.3, -0.25) is 4.79 Å². The Labute approximate surface area is 97.0 Å². The van der Waals surface area contributed by atoms with E-state index in [1.54, 1.807) is 0 Å². The molecule has 1 amide bonds. The molecule has 1 atom stereocenters. The van der Waals surface area contributed by atoms with Gasteiger partial charge >= 0.3 is 0 Å². The standard InChI is InChI=1S/C9H21N3O3S/c1-3-4-5-8(6-10)12-9(13)7-16(14,15)11-2/h8,11H,3-7,10H2,1-2H3,(H,12,13). The zero-order valence-electron chi connectivity index (χ0n) is 9.82. The second-order valence-electron chi connectivity index (χ2n) is 3.61. The highest BCUT2D eigenvalue weighted by molar-refractivity contribution is 7.90. The van der Waals surface area contributed by atoms with E-state index < -0.39 is 21.7 Å². The Morgan fingerprint density at radius 1 is 1.44 bits per heavy atom. The van der Waals surface area contributed by atoms with E-state index in [2.05, 4.69) is 10.0 Å². The summed E-state index contributed by atoms with van der Waals surface area (Å²) >= 11 is 0. The van der Waals surface area contributed by atoms with Gasteiger partial charge in [-0.2, -0.15) is 0 Å². The Balaban J connectivity index is 4.11. The summed E-state index contributed by atoms with van der Waals surface area (Å²) in [7, 11) is -2.22. The monoisotopic (exact) mass is 251 g/mol. The lowest BCUT2D eigenvalue weighted by molar-refractivity contribution is -0.119. The second-order valence-corrected chi connectivity index (χ2v) is 5.53. The molecule has 0 saturated heterocycles. The molecule has 4 N–H and O–H groups in total. The Morgan fingerprint density at radius 2 is 2.06 bits per heavy atom. The van der Waals surface area contributed by atoms with E-state index in [4.69, 9.17) is 5.73 Å². The molecular weight excluding hydrogens is 230 g/mol. The molecule has 6 nitrogen and oxygen atoms in total. The lowest BCUT2D eigenvalue weighted by atomic mass is 10.1. The van der Waals surface area contributed by atoms with Gasteiger partial charge in [-0.05, 0) is 13.5 Å². The molecule has 0 radical (unpaired) electrons. The van der Waals surface area contributed by atoms with Gasteiger partial charge in [-0.1, -0.05) is 19.8 Å². The van der Waals surface area contributed by atoms with Gasteiger partial charge in [0.05, 0.1) is 0 Å². The summed E-state index contributed by atoms with van der Waals surface area (Å²) < 4.78 is 24.3. The molecule has 96 valence electrons. The molecule has 0 heterocycles. The SMILES string of the molecule is CCCCC(CN)NC(=O)CS(=O)(=O)NC. The first-order valence-electron chi connectivity index (χ1n) is 5.35. The maximum atomic E-state index is 11.4. The van der Waals surface area contributed by atoms with Crippen LogP contribution in [0, 0.1) is 0 Å². The average molecular weight is 251 g/mol. The third-order valence-electron chi connectivity index (χ3n) is 2.19. The van der Waals surface area contributed by atoms with Gasteiger partial charge in [0, 0.05) is 12.6 Å². The highest BCUT2D eigenvalue weighted by Gasteiger charge is 2.16. The first-order valence-corrected chi connectivity index (χ1v) is 7.01. The fraction of sp³-hybridized carbons (Fsp3) is 0.889. The number of nitrogens with two attached hydrogens (primary N) is 1. The van der Waals surface area contributed by atoms with Gasteiger partial charge in [-0.25, -0.2) is 13.1 Å². The van der Waals surface area contributed by atoms with Gasteiger partial charge in [-0.15, -0.1) is 0 Å². The van der Waals surface area contributed by atoms with Crippen LogP contribution in [0.1, 0.15) is 26.2 Å². The summed E-state index contributed by atoms with van der Waals surface area (Å²) in [5.41, 5.74) is 5.48. The van der Waals surface area contributed by atoms with Crippen LogP contribution in [0.25, 0.3) is 0 Å². The van der Waals surface area contributed by atoms with Crippen molar-refractivity contribution in [2.24, 2.45) is 5.73 Å². The molecule has 0 aliphatic carbocycles. The Morgan fingerprint density at radius 3 is 2.50 bits per heavy atom. The van der Waals surface area contributed by atoms with Crippen LogP contribution in [-0.2, 0) is 14.8 Å². The number of carbonyl (C=O) groups is 1. The molecule has 0 aromatic heterocycles. The molecule has 7 heteroatoms. The molecule has 0 bridgehead atoms. The number of hydrogen-bond acceptors (Lipinski definition) is 4. The highest BCUT2D eigenvalue weighted by atomic mass is 32.2. The summed E-state index contributed by atoms with van der Waals surface area (Å²) in [6, 6.07) is -0.139. The van der Waals surface area contributed by atoms with Crippen molar-refractivity contribution in [3.63, 3.8) is 0 Å². The summed E-state index contributed by atoms with van der Waals surface area (Å²) in [5.74, 6) is -1.06. The molecule has 0 saturated carbocycles. The van der Waals surface area contributed by atoms with Crippen LogP contribution in [0.4, 0.5) is 0 Å². The predicted octanol–water partition coefficient (Wildman–Crippen LogP) is -0.831. The van der Waals surface area contributed by atoms with Gasteiger partial charge in [0.15, 0.2) is 0 Å². The Hall–Kier alpha value is -0.660. The van der Waals surface area contributed by atoms with Crippen molar-refractivity contribution in [1.82, 2.24) is 10.0 Å². The number of carbonyl (C=O) groups excluding carboxylic acids is 1. The van der Waals surface area contributed by atoms with Crippen molar-refractivity contribution in [3.05, 3.63) is 0 Å². The maximum Gasteiger partial charge on any atom is 0.236 e. The minimum absolute atomic E-state index is 0.139. The van der Waals surface area contributed by atoms with Crippen molar-refractivity contribution >= 4 is 15.9 Å². The quantitative estimate of drug-likeness (QED) is 0.524. The first-order chi connectivity index (χ1) is 7.45. The van der Waals surface area contributed by atoms with Crippen LogP contribution in [0.2, 0.25) is 0 Å². The third kappa shape index (κ3) is 6.76. The predicted molar refractivity (Wildman–Crippen MR) is 63.4 cm³/mol. The average Bonchev–Trinajstić information content (AvgIpc) is 2.23. The van der Waals surface area contributed by atoms with E-state index in [0.717, 1.165) is 19.3 Å². The van der Waals surface area contributed by atoms with Crippen LogP contribution in [0.3, 0.4) is 0 Å². The maximum absolute atomic E-state index is 11.4. The lowest BCUT2D eigenvalue weighted by Crippen LogP contribution is -2.44. The van der Waals surface area contributed by atoms with Crippen LogP contribution < -0.4 is 15.8 Å². The molecule has 1 unspecified atom stereocenters. The minimum atomic E-state index is -3.50. The van der Waals surface area contributed by atoms with Gasteiger partial charge < -0.3 is 11.1 Å². The summed E-state index contributed by atoms with van der Waals surface area (Å²) in [6.45, 7) is 2.37. The van der Waals surface area contributed by atoms with Crippen LogP contribution >= 0.6 is 0 Å². The lowest BCUT2D eigenvalue weighted by Gasteiger charge is -2.16. The molecule has 0 aromatic rings. The molecule has 0 fully saturated rings. The summed E-state index contributed by atoms with van der Waals surface area (Å²) in [6.07, 6.45) is 2.75. The van der Waals surface area contributed by atoms with Crippen molar-refractivity contribution in [2.75, 3.05) is 19.3 Å². The largest absolute Gasteiger partial charge is 0.351 e. The van der Waals surface area contributed by atoms with E-state index in [9.17, 15) is 13.2 Å². The molecule has 0 aliphatic rings. The zero-order valence-corrected chi connectivity index (χ0v) is 10.6. The van der Waals surface area contributed by atoms with Gasteiger partial charge in [0.2, 0.25) is 15.9 Å². The van der Waals surface area contributed by atoms with Crippen LogP contribution in [0.5, 0.6) is 0 Å². The van der Waals surface area contributed by atoms with E-state index in [1.165, 1.54) is 7.05 Å². The number of nitrogens with one attached hydrogen (secondary N) is 2. The molecule has 0 rings (SSSR count). The first kappa shape index (κ1) is 15.3. The number of unbranched alkanes of at least 4 members (excludes halogenated alkanes) is 1. The van der Waals surface area contributed by atoms with Crippen molar-refractivity contribution in [2.45, 2.75) is 32.2 Å². The Bertz CT molecular complexity index is 303. The van der Waals surface area contributed by atoms with E-state index >= 15 is 0 Å². The number of hydrogen-bond donors (Lipinski definition) is 3. The smallest absolute Gasteiger partial charge is 0.236 e. The molecular formula is C9H21N3O3S. The van der Waals surface area contributed by atoms with E-state index in [1.807, 2.05) is 6.92 Å². The molecule has 0 aliphatic heterocycles. The third-order valence-corrected chi connectivity index (χ3v) is 3.45. The zero-order chi connectivity index (χ0) is 12.6. The Kier molecular flexibility index (Phi) is 7.27. The van der Waals surface area contributed by atoms with Crippen LogP contribution in [-0.4, -0.2) is 39.7 Å². The van der Waals surface area contributed by atoms with Gasteiger partial charge in [0.25, 0.3) is 0 Å². The fourth-order valence-electron chi connectivity index (χ4n) is 1.21. The minimum Gasteiger partial charge on any atom is -0.351 e. The van der Waals surface area contributed by atoms with E-state index in [0.29, 0.717) is 6.54 Å².